The highest BCUT2D eigenvalue weighted by molar-refractivity contribution is 7.84. The first kappa shape index (κ1) is 20.8. The lowest BCUT2D eigenvalue weighted by molar-refractivity contribution is 0.0619. The van der Waals surface area contributed by atoms with Crippen molar-refractivity contribution in [1.82, 2.24) is 19.5 Å². The fourth-order valence-electron chi connectivity index (χ4n) is 4.17. The standard InChI is InChI=1S/C21H28N6O2S/c1-13(22)20(26(2)23)15-10-17-19(24-11-15)16-4-5-18(30(3)28)25-21(16)27(17)12-14-6-8-29-9-7-14/h4-5,10-11,14H,6-9,12,22-23H2,1-3H3/b20-13-. The number of hydrogen-bond donors (Lipinski definition) is 2. The Bertz CT molecular complexity index is 1140. The molecule has 1 unspecified atom stereocenters. The number of aromatic nitrogens is 3. The van der Waals surface area contributed by atoms with Crippen molar-refractivity contribution in [3.05, 3.63) is 35.7 Å². The Hall–Kier alpha value is -2.49. The van der Waals surface area contributed by atoms with Crippen LogP contribution in [0, 0.1) is 5.92 Å². The highest BCUT2D eigenvalue weighted by Crippen LogP contribution is 2.31. The summed E-state index contributed by atoms with van der Waals surface area (Å²) in [6, 6.07) is 5.85. The van der Waals surface area contributed by atoms with Crippen LogP contribution < -0.4 is 11.6 Å². The van der Waals surface area contributed by atoms with Crippen molar-refractivity contribution in [2.75, 3.05) is 26.5 Å². The predicted octanol–water partition coefficient (Wildman–Crippen LogP) is 2.20. The fourth-order valence-corrected chi connectivity index (χ4v) is 4.65. The van der Waals surface area contributed by atoms with E-state index in [2.05, 4.69) is 10.6 Å². The van der Waals surface area contributed by atoms with Crippen LogP contribution in [0.2, 0.25) is 0 Å². The first-order valence-corrected chi connectivity index (χ1v) is 11.6. The molecule has 4 rings (SSSR count). The highest BCUT2D eigenvalue weighted by Gasteiger charge is 2.21. The number of nitrogens with two attached hydrogens (primary N) is 2. The second-order valence-electron chi connectivity index (χ2n) is 7.88. The van der Waals surface area contributed by atoms with E-state index in [-0.39, 0.29) is 0 Å². The summed E-state index contributed by atoms with van der Waals surface area (Å²) >= 11 is 0. The van der Waals surface area contributed by atoms with E-state index in [1.165, 1.54) is 5.01 Å². The van der Waals surface area contributed by atoms with Gasteiger partial charge in [0.05, 0.1) is 27.5 Å². The summed E-state index contributed by atoms with van der Waals surface area (Å²) < 4.78 is 19.8. The third kappa shape index (κ3) is 3.80. The Morgan fingerprint density at radius 1 is 1.37 bits per heavy atom. The van der Waals surface area contributed by atoms with Crippen LogP contribution in [0.3, 0.4) is 0 Å². The molecule has 1 fully saturated rings. The summed E-state index contributed by atoms with van der Waals surface area (Å²) in [5.74, 6) is 6.52. The maximum absolute atomic E-state index is 12.1. The van der Waals surface area contributed by atoms with Crippen LogP contribution >= 0.6 is 0 Å². The largest absolute Gasteiger partial charge is 0.401 e. The molecule has 1 aliphatic heterocycles. The van der Waals surface area contributed by atoms with Crippen LogP contribution in [0.1, 0.15) is 25.3 Å². The van der Waals surface area contributed by atoms with E-state index in [9.17, 15) is 4.21 Å². The summed E-state index contributed by atoms with van der Waals surface area (Å²) in [7, 11) is 0.604. The second kappa shape index (κ2) is 8.33. The molecule has 0 aliphatic carbocycles. The maximum Gasteiger partial charge on any atom is 0.144 e. The molecule has 8 nitrogen and oxygen atoms in total. The summed E-state index contributed by atoms with van der Waals surface area (Å²) in [5.41, 5.74) is 10.9. The average Bonchev–Trinajstić information content (AvgIpc) is 3.01. The molecule has 4 heterocycles. The molecule has 0 saturated carbocycles. The molecule has 30 heavy (non-hydrogen) atoms. The molecule has 9 heteroatoms. The lowest BCUT2D eigenvalue weighted by atomic mass is 10.0. The number of allylic oxidation sites excluding steroid dienone is 1. The van der Waals surface area contributed by atoms with Gasteiger partial charge < -0.3 is 20.0 Å². The smallest absolute Gasteiger partial charge is 0.144 e. The van der Waals surface area contributed by atoms with E-state index in [0.717, 1.165) is 65.9 Å². The third-order valence-electron chi connectivity index (χ3n) is 5.59. The summed E-state index contributed by atoms with van der Waals surface area (Å²) in [6.07, 6.45) is 5.45. The molecule has 0 aromatic carbocycles. The second-order valence-corrected chi connectivity index (χ2v) is 9.20. The number of pyridine rings is 2. The van der Waals surface area contributed by atoms with Gasteiger partial charge in [-0.15, -0.1) is 0 Å². The molecule has 160 valence electrons. The van der Waals surface area contributed by atoms with Crippen LogP contribution in [0.15, 0.2) is 35.1 Å². The summed E-state index contributed by atoms with van der Waals surface area (Å²) in [5, 5.41) is 3.04. The molecule has 4 N–H and O–H groups in total. The van der Waals surface area contributed by atoms with Crippen molar-refractivity contribution in [1.29, 1.82) is 0 Å². The van der Waals surface area contributed by atoms with Gasteiger partial charge in [-0.2, -0.15) is 0 Å². The minimum Gasteiger partial charge on any atom is -0.401 e. The molecule has 3 aromatic rings. The number of nitrogens with zero attached hydrogens (tertiary/aromatic N) is 4. The molecule has 1 atom stereocenters. The average molecular weight is 429 g/mol. The molecular weight excluding hydrogens is 400 g/mol. The Kier molecular flexibility index (Phi) is 5.77. The topological polar surface area (TPSA) is 112 Å². The number of hydrogen-bond acceptors (Lipinski definition) is 7. The first-order valence-electron chi connectivity index (χ1n) is 10.0. The minimum atomic E-state index is -1.16. The molecule has 0 bridgehead atoms. The van der Waals surface area contributed by atoms with Gasteiger partial charge in [-0.05, 0) is 43.9 Å². The molecule has 3 aromatic heterocycles. The Morgan fingerprint density at radius 2 is 2.10 bits per heavy atom. The van der Waals surface area contributed by atoms with Crippen molar-refractivity contribution in [2.45, 2.75) is 31.3 Å². The van der Waals surface area contributed by atoms with E-state index in [1.807, 2.05) is 19.1 Å². The first-order chi connectivity index (χ1) is 14.4. The van der Waals surface area contributed by atoms with Crippen LogP contribution in [0.25, 0.3) is 27.8 Å². The van der Waals surface area contributed by atoms with Crippen LogP contribution in [0.5, 0.6) is 0 Å². The van der Waals surface area contributed by atoms with Crippen molar-refractivity contribution in [3.63, 3.8) is 0 Å². The van der Waals surface area contributed by atoms with E-state index < -0.39 is 10.8 Å². The molecular formula is C21H28N6O2S. The molecule has 0 spiro atoms. The molecule has 0 amide bonds. The van der Waals surface area contributed by atoms with Gasteiger partial charge in [-0.1, -0.05) is 0 Å². The molecule has 0 radical (unpaired) electrons. The summed E-state index contributed by atoms with van der Waals surface area (Å²) in [6.45, 7) is 4.19. The van der Waals surface area contributed by atoms with Gasteiger partial charge in [-0.3, -0.25) is 9.19 Å². The van der Waals surface area contributed by atoms with Crippen molar-refractivity contribution >= 4 is 38.6 Å². The zero-order valence-corrected chi connectivity index (χ0v) is 18.4. The SMILES string of the molecule is C/C(N)=C(\c1cnc2c3ccc(S(C)=O)nc3n(CC3CCOCC3)c2c1)N(C)N. The van der Waals surface area contributed by atoms with Gasteiger partial charge in [0.25, 0.3) is 0 Å². The number of fused-ring (bicyclic) bond motifs is 3. The quantitative estimate of drug-likeness (QED) is 0.473. The predicted molar refractivity (Wildman–Crippen MR) is 120 cm³/mol. The van der Waals surface area contributed by atoms with E-state index in [1.54, 1.807) is 19.5 Å². The van der Waals surface area contributed by atoms with Gasteiger partial charge in [0, 0.05) is 55.9 Å². The van der Waals surface area contributed by atoms with E-state index >= 15 is 0 Å². The van der Waals surface area contributed by atoms with Crippen LogP contribution in [0.4, 0.5) is 0 Å². The van der Waals surface area contributed by atoms with Crippen LogP contribution in [-0.2, 0) is 22.1 Å². The molecule has 1 saturated heterocycles. The van der Waals surface area contributed by atoms with Gasteiger partial charge in [0.2, 0.25) is 0 Å². The third-order valence-corrected chi connectivity index (χ3v) is 6.41. The lowest BCUT2D eigenvalue weighted by Gasteiger charge is -2.23. The van der Waals surface area contributed by atoms with Gasteiger partial charge >= 0.3 is 0 Å². The number of ether oxygens (including phenoxy) is 1. The summed E-state index contributed by atoms with van der Waals surface area (Å²) in [4.78, 5) is 9.49. The monoisotopic (exact) mass is 428 g/mol. The Balaban J connectivity index is 1.95. The fraction of sp³-hybridized carbons (Fsp3) is 0.429. The zero-order chi connectivity index (χ0) is 21.4. The van der Waals surface area contributed by atoms with Gasteiger partial charge in [0.1, 0.15) is 10.7 Å². The van der Waals surface area contributed by atoms with Gasteiger partial charge in [0.15, 0.2) is 0 Å². The highest BCUT2D eigenvalue weighted by atomic mass is 32.2. The number of hydrazine groups is 1. The molecule has 1 aliphatic rings. The Morgan fingerprint density at radius 3 is 2.73 bits per heavy atom. The van der Waals surface area contributed by atoms with E-state index in [0.29, 0.717) is 16.6 Å². The maximum atomic E-state index is 12.1. The lowest BCUT2D eigenvalue weighted by Crippen LogP contribution is -2.26. The normalized spacial score (nSPS) is 17.3. The van der Waals surface area contributed by atoms with E-state index in [4.69, 9.17) is 26.3 Å². The van der Waals surface area contributed by atoms with Crippen LogP contribution in [-0.4, -0.2) is 50.3 Å². The van der Waals surface area contributed by atoms with Gasteiger partial charge in [-0.25, -0.2) is 10.8 Å². The number of rotatable bonds is 5. The minimum absolute atomic E-state index is 0.488. The van der Waals surface area contributed by atoms with Crippen molar-refractivity contribution < 1.29 is 8.95 Å². The Labute approximate surface area is 178 Å². The van der Waals surface area contributed by atoms with Crippen molar-refractivity contribution in [3.8, 4) is 0 Å². The van der Waals surface area contributed by atoms with Crippen molar-refractivity contribution in [2.24, 2.45) is 17.5 Å². The zero-order valence-electron chi connectivity index (χ0n) is 17.6.